The maximum atomic E-state index is 6.37. The molecule has 0 bridgehead atoms. The predicted molar refractivity (Wildman–Crippen MR) is 90.6 cm³/mol. The van der Waals surface area contributed by atoms with Crippen LogP contribution in [0.15, 0.2) is 34.9 Å². The molecule has 21 heavy (non-hydrogen) atoms. The average molecular weight is 385 g/mol. The molecule has 2 aromatic heterocycles. The number of hydrogen-bond acceptors (Lipinski definition) is 2. The van der Waals surface area contributed by atoms with Crippen LogP contribution in [0.25, 0.3) is 16.9 Å². The van der Waals surface area contributed by atoms with E-state index in [0.29, 0.717) is 5.02 Å². The number of pyridine rings is 1. The maximum Gasteiger partial charge on any atom is 0.164 e. The summed E-state index contributed by atoms with van der Waals surface area (Å²) in [6, 6.07) is 7.78. The molecule has 1 atom stereocenters. The highest BCUT2D eigenvalue weighted by Crippen LogP contribution is 2.31. The molecule has 0 spiro atoms. The lowest BCUT2D eigenvalue weighted by Gasteiger charge is -2.12. The second-order valence-corrected chi connectivity index (χ2v) is 6.85. The first-order valence-electron chi connectivity index (χ1n) is 6.42. The van der Waals surface area contributed by atoms with Crippen molar-refractivity contribution in [1.82, 2.24) is 14.5 Å². The fourth-order valence-electron chi connectivity index (χ4n) is 2.26. The number of fused-ring (bicyclic) bond motifs is 1. The summed E-state index contributed by atoms with van der Waals surface area (Å²) in [5.41, 5.74) is 3.48. The fourth-order valence-corrected chi connectivity index (χ4v) is 2.92. The van der Waals surface area contributed by atoms with E-state index >= 15 is 0 Å². The van der Waals surface area contributed by atoms with Gasteiger partial charge in [-0.3, -0.25) is 4.57 Å². The van der Waals surface area contributed by atoms with Crippen molar-refractivity contribution in [2.24, 2.45) is 0 Å². The van der Waals surface area contributed by atoms with Crippen molar-refractivity contribution in [3.05, 3.63) is 51.3 Å². The van der Waals surface area contributed by atoms with Gasteiger partial charge in [-0.05, 0) is 53.5 Å². The molecule has 6 heteroatoms. The van der Waals surface area contributed by atoms with Crippen LogP contribution in [-0.2, 0) is 0 Å². The molecular formula is C15H12BrCl2N3. The Labute approximate surface area is 141 Å². The lowest BCUT2D eigenvalue weighted by molar-refractivity contribution is 0.876. The van der Waals surface area contributed by atoms with Crippen molar-refractivity contribution in [2.45, 2.75) is 19.2 Å². The Kier molecular flexibility index (Phi) is 3.95. The SMILES string of the molecule is Cc1ccc(Cl)c(-n2c(C(C)Cl)nc3cc(Br)cnc32)c1. The molecule has 0 N–H and O–H groups in total. The molecular weight excluding hydrogens is 373 g/mol. The summed E-state index contributed by atoms with van der Waals surface area (Å²) in [6.07, 6.45) is 1.74. The summed E-state index contributed by atoms with van der Waals surface area (Å²) in [4.78, 5) is 9.07. The number of rotatable bonds is 2. The van der Waals surface area contributed by atoms with E-state index in [9.17, 15) is 0 Å². The Morgan fingerprint density at radius 3 is 2.76 bits per heavy atom. The summed E-state index contributed by atoms with van der Waals surface area (Å²) in [5, 5.41) is 0.387. The van der Waals surface area contributed by atoms with Gasteiger partial charge in [-0.25, -0.2) is 9.97 Å². The normalized spacial score (nSPS) is 12.8. The van der Waals surface area contributed by atoms with Gasteiger partial charge in [0.15, 0.2) is 5.65 Å². The highest BCUT2D eigenvalue weighted by molar-refractivity contribution is 9.10. The Morgan fingerprint density at radius 1 is 1.29 bits per heavy atom. The van der Waals surface area contributed by atoms with E-state index < -0.39 is 0 Å². The molecule has 3 rings (SSSR count). The largest absolute Gasteiger partial charge is 0.278 e. The first kappa shape index (κ1) is 14.8. The second-order valence-electron chi connectivity index (χ2n) is 4.87. The minimum absolute atomic E-state index is 0.255. The summed E-state index contributed by atoms with van der Waals surface area (Å²) in [7, 11) is 0. The summed E-state index contributed by atoms with van der Waals surface area (Å²) >= 11 is 16.1. The lowest BCUT2D eigenvalue weighted by atomic mass is 10.2. The minimum Gasteiger partial charge on any atom is -0.278 e. The van der Waals surface area contributed by atoms with Gasteiger partial charge < -0.3 is 0 Å². The van der Waals surface area contributed by atoms with E-state index in [-0.39, 0.29) is 5.38 Å². The van der Waals surface area contributed by atoms with Crippen LogP contribution in [0.5, 0.6) is 0 Å². The van der Waals surface area contributed by atoms with Gasteiger partial charge in [0.25, 0.3) is 0 Å². The number of halogens is 3. The molecule has 2 heterocycles. The van der Waals surface area contributed by atoms with Crippen molar-refractivity contribution >= 4 is 50.3 Å². The van der Waals surface area contributed by atoms with Crippen molar-refractivity contribution in [1.29, 1.82) is 0 Å². The van der Waals surface area contributed by atoms with Crippen LogP contribution in [0.1, 0.15) is 23.7 Å². The van der Waals surface area contributed by atoms with Crippen molar-refractivity contribution in [3.8, 4) is 5.69 Å². The van der Waals surface area contributed by atoms with Gasteiger partial charge in [0.2, 0.25) is 0 Å². The van der Waals surface area contributed by atoms with E-state index in [2.05, 4.69) is 25.9 Å². The van der Waals surface area contributed by atoms with Crippen molar-refractivity contribution < 1.29 is 0 Å². The number of imidazole rings is 1. The smallest absolute Gasteiger partial charge is 0.164 e. The van der Waals surface area contributed by atoms with Crippen LogP contribution in [-0.4, -0.2) is 14.5 Å². The van der Waals surface area contributed by atoms with Crippen LogP contribution in [0.2, 0.25) is 5.02 Å². The van der Waals surface area contributed by atoms with Crippen LogP contribution >= 0.6 is 39.1 Å². The van der Waals surface area contributed by atoms with E-state index in [1.54, 1.807) is 6.20 Å². The number of benzene rings is 1. The van der Waals surface area contributed by atoms with Gasteiger partial charge in [-0.15, -0.1) is 11.6 Å². The van der Waals surface area contributed by atoms with E-state index in [1.165, 1.54) is 0 Å². The third-order valence-electron chi connectivity index (χ3n) is 3.19. The quantitative estimate of drug-likeness (QED) is 0.550. The average Bonchev–Trinajstić information content (AvgIpc) is 2.80. The zero-order chi connectivity index (χ0) is 15.1. The van der Waals surface area contributed by atoms with Crippen molar-refractivity contribution in [3.63, 3.8) is 0 Å². The zero-order valence-electron chi connectivity index (χ0n) is 11.4. The Morgan fingerprint density at radius 2 is 2.05 bits per heavy atom. The monoisotopic (exact) mass is 383 g/mol. The number of hydrogen-bond donors (Lipinski definition) is 0. The Bertz CT molecular complexity index is 827. The number of alkyl halides is 1. The Balaban J connectivity index is 2.39. The van der Waals surface area contributed by atoms with Crippen LogP contribution < -0.4 is 0 Å². The lowest BCUT2D eigenvalue weighted by Crippen LogP contribution is -2.03. The molecule has 108 valence electrons. The topological polar surface area (TPSA) is 30.7 Å². The highest BCUT2D eigenvalue weighted by Gasteiger charge is 2.19. The van der Waals surface area contributed by atoms with Gasteiger partial charge in [-0.2, -0.15) is 0 Å². The van der Waals surface area contributed by atoms with Crippen LogP contribution in [0.4, 0.5) is 0 Å². The summed E-state index contributed by atoms with van der Waals surface area (Å²) < 4.78 is 2.80. The molecule has 1 aromatic carbocycles. The van der Waals surface area contributed by atoms with Crippen molar-refractivity contribution in [2.75, 3.05) is 0 Å². The molecule has 3 nitrogen and oxygen atoms in total. The first-order chi connectivity index (χ1) is 9.97. The second kappa shape index (κ2) is 5.59. The molecule has 0 aliphatic carbocycles. The predicted octanol–water partition coefficient (Wildman–Crippen LogP) is 5.44. The Hall–Kier alpha value is -1.10. The molecule has 0 aliphatic rings. The molecule has 3 aromatic rings. The van der Waals surface area contributed by atoms with E-state index in [4.69, 9.17) is 23.2 Å². The van der Waals surface area contributed by atoms with Gasteiger partial charge >= 0.3 is 0 Å². The fraction of sp³-hybridized carbons (Fsp3) is 0.200. The van der Waals surface area contributed by atoms with Crippen LogP contribution in [0.3, 0.4) is 0 Å². The van der Waals surface area contributed by atoms with E-state index in [0.717, 1.165) is 32.7 Å². The molecule has 0 saturated carbocycles. The summed E-state index contributed by atoms with van der Waals surface area (Å²) in [6.45, 7) is 3.91. The molecule has 0 radical (unpaired) electrons. The van der Waals surface area contributed by atoms with Gasteiger partial charge in [0.05, 0.1) is 16.1 Å². The number of aromatic nitrogens is 3. The number of aryl methyl sites for hydroxylation is 1. The summed E-state index contributed by atoms with van der Waals surface area (Å²) in [5.74, 6) is 0.727. The molecule has 0 saturated heterocycles. The van der Waals surface area contributed by atoms with Gasteiger partial charge in [0.1, 0.15) is 11.3 Å². The number of nitrogens with zero attached hydrogens (tertiary/aromatic N) is 3. The third-order valence-corrected chi connectivity index (χ3v) is 4.14. The highest BCUT2D eigenvalue weighted by atomic mass is 79.9. The van der Waals surface area contributed by atoms with Gasteiger partial charge in [0, 0.05) is 10.7 Å². The molecule has 0 aliphatic heterocycles. The maximum absolute atomic E-state index is 6.37. The standard InChI is InChI=1S/C15H12BrCl2N3/c1-8-3-4-11(18)13(5-8)21-14(9(2)17)20-12-6-10(16)7-19-15(12)21/h3-7,9H,1-2H3. The minimum atomic E-state index is -0.255. The molecule has 1 unspecified atom stereocenters. The van der Waals surface area contributed by atoms with E-state index in [1.807, 2.05) is 42.7 Å². The zero-order valence-corrected chi connectivity index (χ0v) is 14.5. The van der Waals surface area contributed by atoms with Crippen LogP contribution in [0, 0.1) is 6.92 Å². The first-order valence-corrected chi connectivity index (χ1v) is 8.02. The molecule has 0 fully saturated rings. The third kappa shape index (κ3) is 2.68. The molecule has 0 amide bonds. The van der Waals surface area contributed by atoms with Gasteiger partial charge in [-0.1, -0.05) is 17.7 Å².